The van der Waals surface area contributed by atoms with Crippen LogP contribution >= 0.6 is 0 Å². The van der Waals surface area contributed by atoms with E-state index < -0.39 is 5.97 Å². The van der Waals surface area contributed by atoms with Crippen molar-refractivity contribution in [1.29, 1.82) is 0 Å². The fraction of sp³-hybridized carbons (Fsp3) is 0.333. The van der Waals surface area contributed by atoms with Crippen molar-refractivity contribution >= 4 is 17.6 Å². The maximum absolute atomic E-state index is 12.5. The Balaban J connectivity index is 1.84. The lowest BCUT2D eigenvalue weighted by Crippen LogP contribution is -2.41. The molecule has 1 aliphatic rings. The second-order valence-corrected chi connectivity index (χ2v) is 6.82. The first-order valence-electron chi connectivity index (χ1n) is 8.65. The van der Waals surface area contributed by atoms with Crippen molar-refractivity contribution in [1.82, 2.24) is 0 Å². The van der Waals surface area contributed by atoms with Gasteiger partial charge in [0.1, 0.15) is 0 Å². The first kappa shape index (κ1) is 17.2. The van der Waals surface area contributed by atoms with Crippen LogP contribution in [0.25, 0.3) is 0 Å². The largest absolute Gasteiger partial charge is 0.478 e. The number of aromatic carboxylic acids is 1. The van der Waals surface area contributed by atoms with Gasteiger partial charge in [0.2, 0.25) is 5.91 Å². The molecular formula is C21H23NO3. The predicted octanol–water partition coefficient (Wildman–Crippen LogP) is 3.99. The fourth-order valence-electron chi connectivity index (χ4n) is 3.75. The Kier molecular flexibility index (Phi) is 4.88. The molecule has 1 unspecified atom stereocenters. The molecule has 0 saturated carbocycles. The highest BCUT2D eigenvalue weighted by atomic mass is 16.4. The van der Waals surface area contributed by atoms with E-state index in [9.17, 15) is 14.7 Å². The molecule has 2 aromatic rings. The van der Waals surface area contributed by atoms with Crippen LogP contribution in [-0.4, -0.2) is 23.5 Å². The van der Waals surface area contributed by atoms with Gasteiger partial charge in [-0.2, -0.15) is 0 Å². The standard InChI is InChI=1S/C21H23NO3/c1-14-6-5-7-15(2)20(14)22-13-16(10-11-19(22)23)12-17-8-3-4-9-18(17)21(24)25/h3-9,16H,10-13H2,1-2H3,(H,24,25). The summed E-state index contributed by atoms with van der Waals surface area (Å²) in [7, 11) is 0. The normalized spacial score (nSPS) is 17.6. The van der Waals surface area contributed by atoms with Crippen molar-refractivity contribution in [2.75, 3.05) is 11.4 Å². The monoisotopic (exact) mass is 337 g/mol. The quantitative estimate of drug-likeness (QED) is 0.918. The zero-order valence-electron chi connectivity index (χ0n) is 14.7. The van der Waals surface area contributed by atoms with E-state index in [1.165, 1.54) is 0 Å². The number of para-hydroxylation sites is 1. The summed E-state index contributed by atoms with van der Waals surface area (Å²) < 4.78 is 0. The van der Waals surface area contributed by atoms with E-state index in [4.69, 9.17) is 0 Å². The highest BCUT2D eigenvalue weighted by Gasteiger charge is 2.29. The lowest BCUT2D eigenvalue weighted by Gasteiger charge is -2.34. The number of carbonyl (C=O) groups excluding carboxylic acids is 1. The van der Waals surface area contributed by atoms with Crippen LogP contribution < -0.4 is 4.90 Å². The molecular weight excluding hydrogens is 314 g/mol. The Morgan fingerprint density at radius 3 is 2.48 bits per heavy atom. The van der Waals surface area contributed by atoms with Crippen LogP contribution in [0.2, 0.25) is 0 Å². The van der Waals surface area contributed by atoms with Gasteiger partial charge in [0.25, 0.3) is 0 Å². The first-order valence-corrected chi connectivity index (χ1v) is 8.65. The number of carboxylic acids is 1. The minimum Gasteiger partial charge on any atom is -0.478 e. The van der Waals surface area contributed by atoms with E-state index in [-0.39, 0.29) is 11.8 Å². The van der Waals surface area contributed by atoms with E-state index in [1.54, 1.807) is 12.1 Å². The average molecular weight is 337 g/mol. The van der Waals surface area contributed by atoms with Gasteiger partial charge in [0.15, 0.2) is 0 Å². The van der Waals surface area contributed by atoms with Gasteiger partial charge in [-0.3, -0.25) is 4.79 Å². The molecule has 1 atom stereocenters. The number of anilines is 1. The third-order valence-electron chi connectivity index (χ3n) is 4.97. The fourth-order valence-corrected chi connectivity index (χ4v) is 3.75. The molecule has 130 valence electrons. The minimum absolute atomic E-state index is 0.153. The Morgan fingerprint density at radius 2 is 1.80 bits per heavy atom. The van der Waals surface area contributed by atoms with Gasteiger partial charge in [0, 0.05) is 18.7 Å². The molecule has 25 heavy (non-hydrogen) atoms. The van der Waals surface area contributed by atoms with Crippen LogP contribution in [0.3, 0.4) is 0 Å². The van der Waals surface area contributed by atoms with Crippen molar-refractivity contribution in [2.45, 2.75) is 33.1 Å². The average Bonchev–Trinajstić information content (AvgIpc) is 2.58. The van der Waals surface area contributed by atoms with Crippen LogP contribution in [0.4, 0.5) is 5.69 Å². The van der Waals surface area contributed by atoms with Gasteiger partial charge < -0.3 is 10.0 Å². The molecule has 0 aliphatic carbocycles. The number of carbonyl (C=O) groups is 2. The molecule has 0 radical (unpaired) electrons. The molecule has 3 rings (SSSR count). The Bertz CT molecular complexity index is 792. The lowest BCUT2D eigenvalue weighted by molar-refractivity contribution is -0.120. The molecule has 4 heteroatoms. The van der Waals surface area contributed by atoms with Crippen molar-refractivity contribution in [3.8, 4) is 0 Å². The molecule has 1 saturated heterocycles. The number of piperidine rings is 1. The van der Waals surface area contributed by atoms with Gasteiger partial charge in [-0.1, -0.05) is 36.4 Å². The van der Waals surface area contributed by atoms with Crippen LogP contribution in [0.5, 0.6) is 0 Å². The lowest BCUT2D eigenvalue weighted by atomic mass is 9.88. The van der Waals surface area contributed by atoms with Crippen LogP contribution in [-0.2, 0) is 11.2 Å². The third-order valence-corrected chi connectivity index (χ3v) is 4.97. The molecule has 0 spiro atoms. The van der Waals surface area contributed by atoms with E-state index >= 15 is 0 Å². The summed E-state index contributed by atoms with van der Waals surface area (Å²) in [6.45, 7) is 4.69. The van der Waals surface area contributed by atoms with E-state index in [2.05, 4.69) is 0 Å². The molecule has 0 bridgehead atoms. The second-order valence-electron chi connectivity index (χ2n) is 6.82. The molecule has 4 nitrogen and oxygen atoms in total. The number of aryl methyl sites for hydroxylation is 2. The Morgan fingerprint density at radius 1 is 1.12 bits per heavy atom. The summed E-state index contributed by atoms with van der Waals surface area (Å²) in [5.74, 6) is -0.480. The maximum atomic E-state index is 12.5. The highest BCUT2D eigenvalue weighted by molar-refractivity contribution is 5.95. The van der Waals surface area contributed by atoms with Gasteiger partial charge in [-0.25, -0.2) is 4.79 Å². The van der Waals surface area contributed by atoms with Crippen molar-refractivity contribution in [3.63, 3.8) is 0 Å². The molecule has 2 aromatic carbocycles. The van der Waals surface area contributed by atoms with Crippen LogP contribution in [0.1, 0.15) is 39.9 Å². The number of hydrogen-bond acceptors (Lipinski definition) is 2. The number of carboxylic acid groups (broad SMARTS) is 1. The number of amides is 1. The predicted molar refractivity (Wildman–Crippen MR) is 98.1 cm³/mol. The summed E-state index contributed by atoms with van der Waals surface area (Å²) in [4.78, 5) is 25.8. The van der Waals surface area contributed by atoms with E-state index in [0.717, 1.165) is 28.8 Å². The SMILES string of the molecule is Cc1cccc(C)c1N1CC(Cc2ccccc2C(=O)O)CCC1=O. The molecule has 1 amide bonds. The van der Waals surface area contributed by atoms with Crippen molar-refractivity contribution < 1.29 is 14.7 Å². The van der Waals surface area contributed by atoms with Gasteiger partial charge in [0.05, 0.1) is 5.56 Å². The van der Waals surface area contributed by atoms with Gasteiger partial charge in [-0.05, 0) is 55.4 Å². The van der Waals surface area contributed by atoms with Gasteiger partial charge in [-0.15, -0.1) is 0 Å². The van der Waals surface area contributed by atoms with Crippen molar-refractivity contribution in [2.24, 2.45) is 5.92 Å². The Hall–Kier alpha value is -2.62. The highest BCUT2D eigenvalue weighted by Crippen LogP contribution is 2.31. The smallest absolute Gasteiger partial charge is 0.335 e. The number of benzene rings is 2. The van der Waals surface area contributed by atoms with E-state index in [0.29, 0.717) is 24.9 Å². The molecule has 1 N–H and O–H groups in total. The number of nitrogens with zero attached hydrogens (tertiary/aromatic N) is 1. The molecule has 1 fully saturated rings. The summed E-state index contributed by atoms with van der Waals surface area (Å²) in [6, 6.07) is 13.2. The number of hydrogen-bond donors (Lipinski definition) is 1. The summed E-state index contributed by atoms with van der Waals surface area (Å²) >= 11 is 0. The third kappa shape index (κ3) is 3.58. The topological polar surface area (TPSA) is 57.6 Å². The molecule has 0 aromatic heterocycles. The Labute approximate surface area is 148 Å². The summed E-state index contributed by atoms with van der Waals surface area (Å²) in [6.07, 6.45) is 1.99. The maximum Gasteiger partial charge on any atom is 0.335 e. The summed E-state index contributed by atoms with van der Waals surface area (Å²) in [5.41, 5.74) is 4.40. The van der Waals surface area contributed by atoms with Gasteiger partial charge >= 0.3 is 5.97 Å². The number of rotatable bonds is 4. The minimum atomic E-state index is -0.894. The zero-order valence-corrected chi connectivity index (χ0v) is 14.7. The molecule has 1 heterocycles. The molecule has 1 aliphatic heterocycles. The van der Waals surface area contributed by atoms with Crippen LogP contribution in [0, 0.1) is 19.8 Å². The van der Waals surface area contributed by atoms with Crippen molar-refractivity contribution in [3.05, 3.63) is 64.7 Å². The second kappa shape index (κ2) is 7.09. The zero-order chi connectivity index (χ0) is 18.0. The van der Waals surface area contributed by atoms with Crippen LogP contribution in [0.15, 0.2) is 42.5 Å². The van der Waals surface area contributed by atoms with E-state index in [1.807, 2.05) is 49.1 Å². The first-order chi connectivity index (χ1) is 12.0. The summed E-state index contributed by atoms with van der Waals surface area (Å²) in [5, 5.41) is 9.38.